The van der Waals surface area contributed by atoms with Gasteiger partial charge in [0, 0.05) is 6.42 Å². The summed E-state index contributed by atoms with van der Waals surface area (Å²) in [6, 6.07) is 0.944. The quantitative estimate of drug-likeness (QED) is 0.402. The maximum Gasteiger partial charge on any atom is 0.408 e. The minimum absolute atomic E-state index is 0.222. The molecule has 0 amide bonds. The SMILES string of the molecule is CCC(=O)O.N#CC(=O)O. The predicted molar refractivity (Wildman–Crippen MR) is 31.2 cm³/mol. The fourth-order valence-corrected chi connectivity index (χ4v) is 0. The topological polar surface area (TPSA) is 98.4 Å². The van der Waals surface area contributed by atoms with Crippen molar-refractivity contribution in [1.29, 1.82) is 5.26 Å². The van der Waals surface area contributed by atoms with E-state index >= 15 is 0 Å². The van der Waals surface area contributed by atoms with Crippen molar-refractivity contribution in [2.45, 2.75) is 13.3 Å². The number of hydrogen-bond donors (Lipinski definition) is 2. The van der Waals surface area contributed by atoms with Crippen molar-refractivity contribution in [3.05, 3.63) is 0 Å². The lowest BCUT2D eigenvalue weighted by molar-refractivity contribution is -0.136. The molecule has 0 bridgehead atoms. The molecule has 0 saturated carbocycles. The van der Waals surface area contributed by atoms with Crippen molar-refractivity contribution in [2.24, 2.45) is 0 Å². The molecule has 56 valence electrons. The first-order valence-electron chi connectivity index (χ1n) is 2.39. The van der Waals surface area contributed by atoms with E-state index in [0.29, 0.717) is 0 Å². The molecule has 5 heteroatoms. The number of hydrogen-bond acceptors (Lipinski definition) is 3. The summed E-state index contributed by atoms with van der Waals surface area (Å²) in [4.78, 5) is 18.4. The summed E-state index contributed by atoms with van der Waals surface area (Å²) in [6.07, 6.45) is 0.222. The molecule has 10 heavy (non-hydrogen) atoms. The van der Waals surface area contributed by atoms with Crippen LogP contribution < -0.4 is 0 Å². The van der Waals surface area contributed by atoms with Gasteiger partial charge >= 0.3 is 11.9 Å². The lowest BCUT2D eigenvalue weighted by Gasteiger charge is -1.71. The van der Waals surface area contributed by atoms with Crippen LogP contribution in [0.4, 0.5) is 0 Å². The smallest absolute Gasteiger partial charge is 0.408 e. The van der Waals surface area contributed by atoms with Gasteiger partial charge < -0.3 is 10.2 Å². The molecule has 0 spiro atoms. The highest BCUT2D eigenvalue weighted by atomic mass is 16.4. The van der Waals surface area contributed by atoms with Crippen molar-refractivity contribution < 1.29 is 19.8 Å². The van der Waals surface area contributed by atoms with Gasteiger partial charge in [-0.05, 0) is 0 Å². The van der Waals surface area contributed by atoms with Gasteiger partial charge in [0.25, 0.3) is 0 Å². The molecule has 0 unspecified atom stereocenters. The maximum atomic E-state index is 9.37. The van der Waals surface area contributed by atoms with E-state index in [9.17, 15) is 4.79 Å². The summed E-state index contributed by atoms with van der Waals surface area (Å²) in [7, 11) is 0. The summed E-state index contributed by atoms with van der Waals surface area (Å²) in [6.45, 7) is 1.60. The second kappa shape index (κ2) is 7.43. The van der Waals surface area contributed by atoms with Crippen molar-refractivity contribution in [2.75, 3.05) is 0 Å². The van der Waals surface area contributed by atoms with Crippen LogP contribution in [-0.4, -0.2) is 22.2 Å². The van der Waals surface area contributed by atoms with Crippen LogP contribution in [0, 0.1) is 11.3 Å². The van der Waals surface area contributed by atoms with Crippen LogP contribution >= 0.6 is 0 Å². The van der Waals surface area contributed by atoms with Crippen LogP contribution in [0.3, 0.4) is 0 Å². The highest BCUT2D eigenvalue weighted by molar-refractivity contribution is 5.83. The fourth-order valence-electron chi connectivity index (χ4n) is 0. The van der Waals surface area contributed by atoms with Gasteiger partial charge in [0.05, 0.1) is 0 Å². The molecule has 0 atom stereocenters. The zero-order valence-corrected chi connectivity index (χ0v) is 5.37. The largest absolute Gasteiger partial charge is 0.481 e. The third-order valence-corrected chi connectivity index (χ3v) is 0.398. The van der Waals surface area contributed by atoms with E-state index in [-0.39, 0.29) is 6.42 Å². The number of carbonyl (C=O) groups is 2. The van der Waals surface area contributed by atoms with E-state index in [1.807, 2.05) is 0 Å². The minimum atomic E-state index is -1.44. The molecule has 5 nitrogen and oxygen atoms in total. The van der Waals surface area contributed by atoms with E-state index in [1.165, 1.54) is 0 Å². The Labute approximate surface area is 57.5 Å². The lowest BCUT2D eigenvalue weighted by Crippen LogP contribution is -1.86. The first-order chi connectivity index (χ1) is 4.54. The number of aliphatic carboxylic acids is 2. The summed E-state index contributed by atoms with van der Waals surface area (Å²) in [5.41, 5.74) is 0. The number of carboxylic acids is 2. The van der Waals surface area contributed by atoms with Gasteiger partial charge in [-0.25, -0.2) is 4.79 Å². The molecule has 0 heterocycles. The van der Waals surface area contributed by atoms with E-state index in [2.05, 4.69) is 0 Å². The van der Waals surface area contributed by atoms with Gasteiger partial charge in [-0.1, -0.05) is 6.92 Å². The van der Waals surface area contributed by atoms with Crippen LogP contribution in [-0.2, 0) is 9.59 Å². The normalized spacial score (nSPS) is 6.40. The second-order valence-electron chi connectivity index (χ2n) is 1.16. The standard InChI is InChI=1S/C3H6O2.C2HNO2/c1-2-3(4)5;3-1-2(4)5/h2H2,1H3,(H,4,5);(H,4,5). The highest BCUT2D eigenvalue weighted by Gasteiger charge is 1.81. The Hall–Kier alpha value is -1.57. The molecule has 0 aliphatic heterocycles. The molecule has 0 aliphatic rings. The average Bonchev–Trinajstić information content (AvgIpc) is 1.89. The van der Waals surface area contributed by atoms with Crippen molar-refractivity contribution in [3.8, 4) is 6.07 Å². The molecule has 0 aliphatic carbocycles. The maximum absolute atomic E-state index is 9.37. The Morgan fingerprint density at radius 1 is 1.50 bits per heavy atom. The van der Waals surface area contributed by atoms with Gasteiger partial charge in [-0.3, -0.25) is 4.79 Å². The van der Waals surface area contributed by atoms with Gasteiger partial charge in [-0.2, -0.15) is 5.26 Å². The van der Waals surface area contributed by atoms with Gasteiger partial charge in [0.15, 0.2) is 6.07 Å². The molecular formula is C5H7NO4. The number of nitrogens with zero attached hydrogens (tertiary/aromatic N) is 1. The number of nitriles is 1. The Morgan fingerprint density at radius 3 is 1.70 bits per heavy atom. The van der Waals surface area contributed by atoms with E-state index in [1.54, 1.807) is 6.92 Å². The summed E-state index contributed by atoms with van der Waals surface area (Å²) in [5.74, 6) is -2.19. The fraction of sp³-hybridized carbons (Fsp3) is 0.400. The predicted octanol–water partition coefficient (Wildman–Crippen LogP) is 0.0756. The molecular weight excluding hydrogens is 138 g/mol. The Morgan fingerprint density at radius 2 is 1.70 bits per heavy atom. The lowest BCUT2D eigenvalue weighted by atomic mass is 10.5. The van der Waals surface area contributed by atoms with Crippen LogP contribution in [0.25, 0.3) is 0 Å². The third-order valence-electron chi connectivity index (χ3n) is 0.398. The monoisotopic (exact) mass is 145 g/mol. The number of carboxylic acid groups (broad SMARTS) is 2. The van der Waals surface area contributed by atoms with Crippen molar-refractivity contribution in [1.82, 2.24) is 0 Å². The Bertz CT molecular complexity index is 158. The van der Waals surface area contributed by atoms with E-state index in [4.69, 9.17) is 20.3 Å². The van der Waals surface area contributed by atoms with Gasteiger partial charge in [-0.15, -0.1) is 0 Å². The van der Waals surface area contributed by atoms with E-state index in [0.717, 1.165) is 6.07 Å². The molecule has 0 aromatic heterocycles. The molecule has 0 aromatic rings. The number of rotatable bonds is 1. The third kappa shape index (κ3) is 32.1. The first kappa shape index (κ1) is 11.3. The van der Waals surface area contributed by atoms with Crippen LogP contribution in [0.2, 0.25) is 0 Å². The van der Waals surface area contributed by atoms with E-state index < -0.39 is 11.9 Å². The summed E-state index contributed by atoms with van der Waals surface area (Å²) in [5, 5.41) is 22.4. The molecule has 0 rings (SSSR count). The molecule has 0 radical (unpaired) electrons. The summed E-state index contributed by atoms with van der Waals surface area (Å²) < 4.78 is 0. The highest BCUT2D eigenvalue weighted by Crippen LogP contribution is 1.67. The van der Waals surface area contributed by atoms with Crippen molar-refractivity contribution >= 4 is 11.9 Å². The zero-order valence-electron chi connectivity index (χ0n) is 5.37. The van der Waals surface area contributed by atoms with Crippen LogP contribution in [0.1, 0.15) is 13.3 Å². The summed E-state index contributed by atoms with van der Waals surface area (Å²) >= 11 is 0. The first-order valence-corrected chi connectivity index (χ1v) is 2.39. The van der Waals surface area contributed by atoms with Crippen molar-refractivity contribution in [3.63, 3.8) is 0 Å². The second-order valence-corrected chi connectivity index (χ2v) is 1.16. The molecule has 0 saturated heterocycles. The Kier molecular flexibility index (Phi) is 8.36. The van der Waals surface area contributed by atoms with Gasteiger partial charge in [0.1, 0.15) is 0 Å². The minimum Gasteiger partial charge on any atom is -0.481 e. The Balaban J connectivity index is 0. The average molecular weight is 145 g/mol. The van der Waals surface area contributed by atoms with Crippen LogP contribution in [0.5, 0.6) is 0 Å². The zero-order chi connectivity index (χ0) is 8.57. The molecule has 0 fully saturated rings. The van der Waals surface area contributed by atoms with Gasteiger partial charge in [0.2, 0.25) is 0 Å². The molecule has 2 N–H and O–H groups in total. The molecule has 0 aromatic carbocycles. The van der Waals surface area contributed by atoms with Crippen LogP contribution in [0.15, 0.2) is 0 Å².